The summed E-state index contributed by atoms with van der Waals surface area (Å²) in [4.78, 5) is 13.9. The Bertz CT molecular complexity index is 885. The van der Waals surface area contributed by atoms with E-state index in [1.165, 1.54) is 36.1 Å². The number of amides is 1. The second-order valence-electron chi connectivity index (χ2n) is 6.22. The lowest BCUT2D eigenvalue weighted by atomic mass is 10.2. The number of aryl methyl sites for hydroxylation is 1. The Morgan fingerprint density at radius 2 is 1.89 bits per heavy atom. The molecule has 0 aliphatic heterocycles. The molecule has 1 amide bonds. The Balaban J connectivity index is 1.88. The highest BCUT2D eigenvalue weighted by Gasteiger charge is 2.24. The van der Waals surface area contributed by atoms with E-state index in [1.807, 2.05) is 31.2 Å². The lowest BCUT2D eigenvalue weighted by molar-refractivity contribution is -0.131. The van der Waals surface area contributed by atoms with Crippen LogP contribution in [-0.4, -0.2) is 45.5 Å². The van der Waals surface area contributed by atoms with Gasteiger partial charge in [0.05, 0.1) is 17.5 Å². The van der Waals surface area contributed by atoms with Gasteiger partial charge < -0.3 is 9.64 Å². The Kier molecular flexibility index (Phi) is 7.24. The second-order valence-corrected chi connectivity index (χ2v) is 8.37. The number of hydrogen-bond acceptors (Lipinski definition) is 4. The van der Waals surface area contributed by atoms with Gasteiger partial charge in [-0.25, -0.2) is 8.42 Å². The minimum Gasteiger partial charge on any atom is -0.492 e. The molecule has 0 saturated heterocycles. The number of nitrogens with zero attached hydrogens (tertiary/aromatic N) is 1. The minimum absolute atomic E-state index is 0.0528. The van der Waals surface area contributed by atoms with Crippen LogP contribution in [0.1, 0.15) is 12.5 Å². The smallest absolute Gasteiger partial charge is 0.241 e. The molecule has 0 fully saturated rings. The standard InChI is InChI=1S/C19H23ClN2O4S/c1-14-5-4-6-17(13-14)26-12-11-22(3)19(23)15(2)21-27(24,25)18-9-7-16(20)8-10-18/h4-10,13,15,21H,11-12H2,1-3H3/t15-/m0/s1. The summed E-state index contributed by atoms with van der Waals surface area (Å²) in [7, 11) is -2.20. The lowest BCUT2D eigenvalue weighted by Crippen LogP contribution is -2.46. The molecule has 1 atom stereocenters. The Morgan fingerprint density at radius 3 is 2.52 bits per heavy atom. The van der Waals surface area contributed by atoms with Gasteiger partial charge in [0.2, 0.25) is 15.9 Å². The van der Waals surface area contributed by atoms with Crippen LogP contribution in [0.15, 0.2) is 53.4 Å². The highest BCUT2D eigenvalue weighted by atomic mass is 35.5. The van der Waals surface area contributed by atoms with E-state index < -0.39 is 16.1 Å². The van der Waals surface area contributed by atoms with Gasteiger partial charge in [0.1, 0.15) is 12.4 Å². The maximum atomic E-state index is 12.4. The van der Waals surface area contributed by atoms with Gasteiger partial charge in [-0.15, -0.1) is 0 Å². The zero-order valence-corrected chi connectivity index (χ0v) is 17.0. The number of likely N-dealkylation sites (N-methyl/N-ethyl adjacent to an activating group) is 1. The molecule has 0 heterocycles. The fourth-order valence-electron chi connectivity index (χ4n) is 2.41. The molecule has 2 aromatic carbocycles. The predicted molar refractivity (Wildman–Crippen MR) is 106 cm³/mol. The molecule has 2 rings (SSSR count). The molecule has 0 aromatic heterocycles. The highest BCUT2D eigenvalue weighted by Crippen LogP contribution is 2.15. The monoisotopic (exact) mass is 410 g/mol. The maximum Gasteiger partial charge on any atom is 0.241 e. The first-order valence-electron chi connectivity index (χ1n) is 8.41. The molecule has 6 nitrogen and oxygen atoms in total. The fourth-order valence-corrected chi connectivity index (χ4v) is 3.73. The summed E-state index contributed by atoms with van der Waals surface area (Å²) in [5.41, 5.74) is 1.09. The lowest BCUT2D eigenvalue weighted by Gasteiger charge is -2.22. The number of ether oxygens (including phenoxy) is 1. The molecule has 146 valence electrons. The Hall–Kier alpha value is -2.09. The molecule has 0 radical (unpaired) electrons. The van der Waals surface area contributed by atoms with Crippen molar-refractivity contribution in [3.63, 3.8) is 0 Å². The van der Waals surface area contributed by atoms with Crippen molar-refractivity contribution >= 4 is 27.5 Å². The van der Waals surface area contributed by atoms with Crippen LogP contribution in [0.25, 0.3) is 0 Å². The van der Waals surface area contributed by atoms with Crippen LogP contribution >= 0.6 is 11.6 Å². The Labute approximate surface area is 165 Å². The van der Waals surface area contributed by atoms with E-state index in [0.717, 1.165) is 11.3 Å². The molecule has 1 N–H and O–H groups in total. The summed E-state index contributed by atoms with van der Waals surface area (Å²) in [5, 5.41) is 0.436. The summed E-state index contributed by atoms with van der Waals surface area (Å²) in [6.45, 7) is 4.12. The van der Waals surface area contributed by atoms with E-state index in [2.05, 4.69) is 4.72 Å². The van der Waals surface area contributed by atoms with E-state index in [0.29, 0.717) is 18.2 Å². The predicted octanol–water partition coefficient (Wildman–Crippen LogP) is 2.85. The van der Waals surface area contributed by atoms with Crippen molar-refractivity contribution in [2.75, 3.05) is 20.2 Å². The van der Waals surface area contributed by atoms with Crippen LogP contribution in [0.2, 0.25) is 5.02 Å². The molecule has 0 saturated carbocycles. The third kappa shape index (κ3) is 6.23. The Morgan fingerprint density at radius 1 is 1.22 bits per heavy atom. The van der Waals surface area contributed by atoms with Crippen molar-refractivity contribution in [2.45, 2.75) is 24.8 Å². The van der Waals surface area contributed by atoms with Crippen molar-refractivity contribution in [3.05, 3.63) is 59.1 Å². The fraction of sp³-hybridized carbons (Fsp3) is 0.316. The number of benzene rings is 2. The first-order valence-corrected chi connectivity index (χ1v) is 10.3. The molecule has 0 aliphatic carbocycles. The van der Waals surface area contributed by atoms with Crippen LogP contribution < -0.4 is 9.46 Å². The second kappa shape index (κ2) is 9.21. The molecule has 0 aliphatic rings. The van der Waals surface area contributed by atoms with Crippen molar-refractivity contribution in [2.24, 2.45) is 0 Å². The first kappa shape index (κ1) is 21.2. The van der Waals surface area contributed by atoms with E-state index in [1.54, 1.807) is 7.05 Å². The van der Waals surface area contributed by atoms with Crippen molar-refractivity contribution in [1.29, 1.82) is 0 Å². The minimum atomic E-state index is -3.81. The van der Waals surface area contributed by atoms with Crippen LogP contribution in [0.5, 0.6) is 5.75 Å². The number of nitrogens with one attached hydrogen (secondary N) is 1. The molecular weight excluding hydrogens is 388 g/mol. The van der Waals surface area contributed by atoms with Gasteiger partial charge in [-0.3, -0.25) is 4.79 Å². The van der Waals surface area contributed by atoms with E-state index >= 15 is 0 Å². The third-order valence-corrected chi connectivity index (χ3v) is 5.70. The molecular formula is C19H23ClN2O4S. The SMILES string of the molecule is Cc1cccc(OCCN(C)C(=O)[C@H](C)NS(=O)(=O)c2ccc(Cl)cc2)c1. The average molecular weight is 411 g/mol. The average Bonchev–Trinajstić information content (AvgIpc) is 2.61. The maximum absolute atomic E-state index is 12.4. The molecule has 27 heavy (non-hydrogen) atoms. The summed E-state index contributed by atoms with van der Waals surface area (Å²) < 4.78 is 32.7. The molecule has 2 aromatic rings. The molecule has 0 spiro atoms. The summed E-state index contributed by atoms with van der Waals surface area (Å²) in [6, 6.07) is 12.5. The van der Waals surface area contributed by atoms with Crippen LogP contribution in [0.4, 0.5) is 0 Å². The number of rotatable bonds is 8. The van der Waals surface area contributed by atoms with Gasteiger partial charge in [0, 0.05) is 12.1 Å². The number of carbonyl (C=O) groups is 1. The van der Waals surface area contributed by atoms with Crippen LogP contribution in [-0.2, 0) is 14.8 Å². The van der Waals surface area contributed by atoms with E-state index in [9.17, 15) is 13.2 Å². The van der Waals surface area contributed by atoms with Crippen molar-refractivity contribution < 1.29 is 17.9 Å². The largest absolute Gasteiger partial charge is 0.492 e. The number of halogens is 1. The zero-order chi connectivity index (χ0) is 20.0. The van der Waals surface area contributed by atoms with Crippen molar-refractivity contribution in [1.82, 2.24) is 9.62 Å². The topological polar surface area (TPSA) is 75.7 Å². The van der Waals surface area contributed by atoms with Crippen molar-refractivity contribution in [3.8, 4) is 5.75 Å². The van der Waals surface area contributed by atoms with Gasteiger partial charge in [-0.1, -0.05) is 23.7 Å². The van der Waals surface area contributed by atoms with Gasteiger partial charge in [0.25, 0.3) is 0 Å². The summed E-state index contributed by atoms with van der Waals surface area (Å²) in [5.74, 6) is 0.382. The van der Waals surface area contributed by atoms with Crippen LogP contribution in [0.3, 0.4) is 0 Å². The summed E-state index contributed by atoms with van der Waals surface area (Å²) >= 11 is 5.77. The number of sulfonamides is 1. The van der Waals surface area contributed by atoms with E-state index in [4.69, 9.17) is 16.3 Å². The van der Waals surface area contributed by atoms with E-state index in [-0.39, 0.29) is 10.8 Å². The summed E-state index contributed by atoms with van der Waals surface area (Å²) in [6.07, 6.45) is 0. The quantitative estimate of drug-likeness (QED) is 0.726. The van der Waals surface area contributed by atoms with Gasteiger partial charge in [-0.05, 0) is 55.8 Å². The highest BCUT2D eigenvalue weighted by molar-refractivity contribution is 7.89. The number of carbonyl (C=O) groups excluding carboxylic acids is 1. The first-order chi connectivity index (χ1) is 12.7. The van der Waals surface area contributed by atoms with Gasteiger partial charge in [-0.2, -0.15) is 4.72 Å². The molecule has 8 heteroatoms. The third-order valence-electron chi connectivity index (χ3n) is 3.89. The van der Waals surface area contributed by atoms with Crippen LogP contribution in [0, 0.1) is 6.92 Å². The normalized spacial score (nSPS) is 12.4. The number of hydrogen-bond donors (Lipinski definition) is 1. The molecule has 0 unspecified atom stereocenters. The van der Waals surface area contributed by atoms with Gasteiger partial charge >= 0.3 is 0 Å². The molecule has 0 bridgehead atoms. The van der Waals surface area contributed by atoms with Gasteiger partial charge in [0.15, 0.2) is 0 Å². The zero-order valence-electron chi connectivity index (χ0n) is 15.5.